The number of hydrogen-bond acceptors (Lipinski definition) is 5. The first-order chi connectivity index (χ1) is 25.1. The van der Waals surface area contributed by atoms with Gasteiger partial charge in [-0.15, -0.1) is 23.5 Å². The first-order valence-corrected chi connectivity index (χ1v) is 22.5. The van der Waals surface area contributed by atoms with Gasteiger partial charge in [-0.25, -0.2) is 0 Å². The summed E-state index contributed by atoms with van der Waals surface area (Å²) in [6.45, 7) is 12.3. The van der Waals surface area contributed by atoms with Crippen LogP contribution in [0.4, 0.5) is 0 Å². The summed E-state index contributed by atoms with van der Waals surface area (Å²) in [6.07, 6.45) is 0.544. The zero-order valence-corrected chi connectivity index (χ0v) is 33.9. The number of thioether (sulfide) groups is 2. The van der Waals surface area contributed by atoms with Crippen LogP contribution in [0.5, 0.6) is 0 Å². The smallest absolute Gasteiger partial charge is 0.261 e. The van der Waals surface area contributed by atoms with Crippen molar-refractivity contribution in [2.45, 2.75) is 61.9 Å². The molecule has 1 aliphatic heterocycles. The fourth-order valence-electron chi connectivity index (χ4n) is 8.13. The van der Waals surface area contributed by atoms with Crippen molar-refractivity contribution in [3.63, 3.8) is 0 Å². The van der Waals surface area contributed by atoms with Gasteiger partial charge in [-0.2, -0.15) is 0 Å². The number of ether oxygens (including phenoxy) is 1. The van der Waals surface area contributed by atoms with E-state index in [1.54, 1.807) is 0 Å². The van der Waals surface area contributed by atoms with Crippen molar-refractivity contribution in [2.24, 2.45) is 11.8 Å². The minimum atomic E-state index is -2.76. The molecule has 0 radical (unpaired) electrons. The number of hydrogen-bond donors (Lipinski definition) is 1. The number of aliphatic hydroxyl groups excluding tert-OH is 1. The Kier molecular flexibility index (Phi) is 12.6. The standard InChI is InChI=1S/C46H54O3S2Si/c1-36(34-49-52(44(3,4)5,41-28-17-9-18-29-41)42-30-19-10-20-31-42)46(50-32-21-33-51-46)43(37(2)47)35-48-45(38-22-11-6-12-23-38,39-24-13-7-14-25-39)40-26-15-8-16-27-40/h6-20,22-31,36-37,43,47H,21,32-35H2,1-5H3/t36-,37-,43-/m0/s1. The first kappa shape index (κ1) is 38.6. The molecule has 0 aliphatic carbocycles. The van der Waals surface area contributed by atoms with Gasteiger partial charge in [-0.1, -0.05) is 179 Å². The van der Waals surface area contributed by atoms with Crippen LogP contribution < -0.4 is 10.4 Å². The quantitative estimate of drug-likeness (QED) is 0.0906. The topological polar surface area (TPSA) is 38.7 Å². The van der Waals surface area contributed by atoms with Crippen molar-refractivity contribution < 1.29 is 14.3 Å². The number of benzene rings is 5. The molecule has 1 aliphatic rings. The summed E-state index contributed by atoms with van der Waals surface area (Å²) >= 11 is 4.00. The molecule has 52 heavy (non-hydrogen) atoms. The molecule has 0 aromatic heterocycles. The van der Waals surface area contributed by atoms with E-state index in [2.05, 4.69) is 179 Å². The van der Waals surface area contributed by atoms with Crippen LogP contribution >= 0.6 is 23.5 Å². The van der Waals surface area contributed by atoms with Gasteiger partial charge in [-0.3, -0.25) is 0 Å². The fourth-order valence-corrected chi connectivity index (χ4v) is 16.7. The molecule has 3 nitrogen and oxygen atoms in total. The lowest BCUT2D eigenvalue weighted by molar-refractivity contribution is -0.0422. The summed E-state index contributed by atoms with van der Waals surface area (Å²) < 4.78 is 14.7. The van der Waals surface area contributed by atoms with Crippen LogP contribution in [0.3, 0.4) is 0 Å². The van der Waals surface area contributed by atoms with Crippen LogP contribution in [-0.4, -0.2) is 48.3 Å². The van der Waals surface area contributed by atoms with Crippen LogP contribution in [0, 0.1) is 11.8 Å². The van der Waals surface area contributed by atoms with Gasteiger partial charge in [0, 0.05) is 18.4 Å². The Morgan fingerprint density at radius 3 is 1.37 bits per heavy atom. The van der Waals surface area contributed by atoms with Crippen molar-refractivity contribution in [1.82, 2.24) is 0 Å². The summed E-state index contributed by atoms with van der Waals surface area (Å²) in [5.74, 6) is 2.03. The SMILES string of the molecule is C[C@H](O)[C@H](COC(c1ccccc1)(c1ccccc1)c1ccccc1)C1([C@@H](C)CO[Si](c2ccccc2)(c2ccccc2)C(C)(C)C)SCCCS1. The molecule has 0 saturated carbocycles. The van der Waals surface area contributed by atoms with E-state index in [4.69, 9.17) is 9.16 Å². The Hall–Kier alpha value is -3.10. The normalized spacial score (nSPS) is 16.9. The zero-order chi connectivity index (χ0) is 36.7. The van der Waals surface area contributed by atoms with Gasteiger partial charge < -0.3 is 14.3 Å². The summed E-state index contributed by atoms with van der Waals surface area (Å²) in [6, 6.07) is 53.5. The first-order valence-electron chi connectivity index (χ1n) is 18.7. The third-order valence-corrected chi connectivity index (χ3v) is 19.7. The van der Waals surface area contributed by atoms with Gasteiger partial charge in [0.2, 0.25) is 0 Å². The molecule has 0 amide bonds. The van der Waals surface area contributed by atoms with E-state index in [1.165, 1.54) is 10.4 Å². The molecule has 1 N–H and O–H groups in total. The molecule has 5 aromatic rings. The average molecular weight is 747 g/mol. The molecule has 3 atom stereocenters. The molecular weight excluding hydrogens is 693 g/mol. The van der Waals surface area contributed by atoms with E-state index < -0.39 is 20.0 Å². The maximum Gasteiger partial charge on any atom is 0.261 e. The highest BCUT2D eigenvalue weighted by atomic mass is 32.2. The average Bonchev–Trinajstić information content (AvgIpc) is 3.18. The van der Waals surface area contributed by atoms with Crippen molar-refractivity contribution >= 4 is 42.2 Å². The molecule has 6 heteroatoms. The summed E-state index contributed by atoms with van der Waals surface area (Å²) in [5, 5.41) is 14.3. The van der Waals surface area contributed by atoms with Crippen molar-refractivity contribution in [1.29, 1.82) is 0 Å². The summed E-state index contributed by atoms with van der Waals surface area (Å²) in [5.41, 5.74) is 2.34. The zero-order valence-electron chi connectivity index (χ0n) is 31.3. The van der Waals surface area contributed by atoms with Crippen LogP contribution in [-0.2, 0) is 14.8 Å². The third-order valence-electron chi connectivity index (χ3n) is 10.7. The number of rotatable bonds is 14. The van der Waals surface area contributed by atoms with E-state index in [0.717, 1.165) is 34.6 Å². The van der Waals surface area contributed by atoms with E-state index in [0.29, 0.717) is 13.2 Å². The highest BCUT2D eigenvalue weighted by Crippen LogP contribution is 2.55. The van der Waals surface area contributed by atoms with Crippen LogP contribution in [0.2, 0.25) is 5.04 Å². The second-order valence-electron chi connectivity index (χ2n) is 15.1. The Bertz CT molecular complexity index is 1660. The maximum atomic E-state index is 11.9. The summed E-state index contributed by atoms with van der Waals surface area (Å²) in [4.78, 5) is 0. The van der Waals surface area contributed by atoms with Crippen LogP contribution in [0.15, 0.2) is 152 Å². The van der Waals surface area contributed by atoms with E-state index in [9.17, 15) is 5.11 Å². The molecule has 1 heterocycles. The largest absolute Gasteiger partial charge is 0.407 e. The van der Waals surface area contributed by atoms with Crippen LogP contribution in [0.1, 0.15) is 57.7 Å². The highest BCUT2D eigenvalue weighted by molar-refractivity contribution is 8.18. The molecule has 1 saturated heterocycles. The van der Waals surface area contributed by atoms with E-state index in [-0.39, 0.29) is 21.0 Å². The molecule has 0 unspecified atom stereocenters. The van der Waals surface area contributed by atoms with Gasteiger partial charge in [0.05, 0.1) is 16.8 Å². The van der Waals surface area contributed by atoms with Crippen molar-refractivity contribution in [3.05, 3.63) is 168 Å². The second kappa shape index (κ2) is 16.9. The van der Waals surface area contributed by atoms with Crippen LogP contribution in [0.25, 0.3) is 0 Å². The molecule has 0 spiro atoms. The molecule has 1 fully saturated rings. The molecule has 5 aromatic carbocycles. The predicted octanol–water partition coefficient (Wildman–Crippen LogP) is 9.77. The fraction of sp³-hybridized carbons (Fsp3) is 0.348. The monoisotopic (exact) mass is 746 g/mol. The highest BCUT2D eigenvalue weighted by Gasteiger charge is 2.53. The minimum Gasteiger partial charge on any atom is -0.407 e. The lowest BCUT2D eigenvalue weighted by Crippen LogP contribution is -2.67. The Morgan fingerprint density at radius 2 is 1.00 bits per heavy atom. The summed E-state index contributed by atoms with van der Waals surface area (Å²) in [7, 11) is -2.76. The van der Waals surface area contributed by atoms with Gasteiger partial charge in [0.15, 0.2) is 0 Å². The molecule has 0 bridgehead atoms. The second-order valence-corrected chi connectivity index (χ2v) is 22.4. The lowest BCUT2D eigenvalue weighted by atomic mass is 9.79. The predicted molar refractivity (Wildman–Crippen MR) is 225 cm³/mol. The van der Waals surface area contributed by atoms with Gasteiger partial charge >= 0.3 is 0 Å². The number of aliphatic hydroxyl groups is 1. The van der Waals surface area contributed by atoms with Crippen molar-refractivity contribution in [2.75, 3.05) is 24.7 Å². The maximum absolute atomic E-state index is 11.9. The van der Waals surface area contributed by atoms with E-state index >= 15 is 0 Å². The van der Waals surface area contributed by atoms with E-state index in [1.807, 2.05) is 30.4 Å². The van der Waals surface area contributed by atoms with Gasteiger partial charge in [0.1, 0.15) is 5.60 Å². The Balaban J connectivity index is 1.40. The molecule has 6 rings (SSSR count). The lowest BCUT2D eigenvalue weighted by Gasteiger charge is -2.50. The Labute approximate surface area is 321 Å². The van der Waals surface area contributed by atoms with Gasteiger partial charge in [-0.05, 0) is 57.0 Å². The molecular formula is C46H54O3S2Si. The molecule has 272 valence electrons. The Morgan fingerprint density at radius 1 is 0.615 bits per heavy atom. The van der Waals surface area contributed by atoms with Gasteiger partial charge in [0.25, 0.3) is 8.32 Å². The third kappa shape index (κ3) is 7.62. The minimum absolute atomic E-state index is 0.118. The van der Waals surface area contributed by atoms with Crippen molar-refractivity contribution in [3.8, 4) is 0 Å².